The average molecular weight is 987 g/mol. The first-order valence-electron chi connectivity index (χ1n) is 27.0. The van der Waals surface area contributed by atoms with Crippen LogP contribution in [-0.2, 0) is 0 Å². The SMILES string of the molecule is Cc1cc(C)c(B(c2cc(-n3c4ccccc4c4cc5c6ccccc6n(-c6ccccc6)c5cc43)cc(-n3c4ccccc4c4cc5c6ccccc6n(-c6ccccc6)c5cc43)c2)c2c(C)cc(C)cc2C)c(C)c1. The lowest BCUT2D eigenvalue weighted by Gasteiger charge is -2.26. The van der Waals surface area contributed by atoms with Crippen molar-refractivity contribution in [3.05, 3.63) is 258 Å². The Morgan fingerprint density at radius 3 is 0.844 bits per heavy atom. The van der Waals surface area contributed by atoms with Crippen molar-refractivity contribution in [3.8, 4) is 22.7 Å². The summed E-state index contributed by atoms with van der Waals surface area (Å²) in [7, 11) is 0. The van der Waals surface area contributed by atoms with E-state index in [0.29, 0.717) is 0 Å². The molecular weight excluding hydrogens is 932 g/mol. The van der Waals surface area contributed by atoms with Crippen molar-refractivity contribution < 1.29 is 0 Å². The van der Waals surface area contributed by atoms with E-state index in [9.17, 15) is 0 Å². The van der Waals surface area contributed by atoms with E-state index >= 15 is 0 Å². The predicted octanol–water partition coefficient (Wildman–Crippen LogP) is 16.4. The van der Waals surface area contributed by atoms with E-state index in [1.165, 1.54) is 137 Å². The zero-order chi connectivity index (χ0) is 51.8. The third-order valence-corrected chi connectivity index (χ3v) is 16.8. The van der Waals surface area contributed by atoms with Crippen LogP contribution in [0.25, 0.3) is 110 Å². The van der Waals surface area contributed by atoms with Gasteiger partial charge < -0.3 is 18.3 Å². The summed E-state index contributed by atoms with van der Waals surface area (Å²) in [5, 5.41) is 9.91. The summed E-state index contributed by atoms with van der Waals surface area (Å²) in [6.45, 7) is 13.7. The fourth-order valence-corrected chi connectivity index (χ4v) is 13.9. The fraction of sp³-hybridized carbons (Fsp3) is 0.0833. The van der Waals surface area contributed by atoms with Crippen molar-refractivity contribution >= 4 is 110 Å². The van der Waals surface area contributed by atoms with Crippen molar-refractivity contribution in [2.45, 2.75) is 41.5 Å². The van der Waals surface area contributed by atoms with Crippen LogP contribution in [0.4, 0.5) is 0 Å². The van der Waals surface area contributed by atoms with Gasteiger partial charge in [0.05, 0.1) is 44.1 Å². The summed E-state index contributed by atoms with van der Waals surface area (Å²) < 4.78 is 10.0. The minimum absolute atomic E-state index is 0.0734. The molecule has 0 atom stereocenters. The van der Waals surface area contributed by atoms with E-state index in [2.05, 4.69) is 284 Å². The number of nitrogens with zero attached hydrogens (tertiary/aromatic N) is 4. The number of hydrogen-bond acceptors (Lipinski definition) is 0. The zero-order valence-electron chi connectivity index (χ0n) is 44.2. The summed E-state index contributed by atoms with van der Waals surface area (Å²) in [4.78, 5) is 0. The van der Waals surface area contributed by atoms with E-state index < -0.39 is 0 Å². The van der Waals surface area contributed by atoms with Gasteiger partial charge in [-0.15, -0.1) is 0 Å². The third kappa shape index (κ3) is 6.79. The second-order valence-electron chi connectivity index (χ2n) is 21.7. The molecule has 0 spiro atoms. The van der Waals surface area contributed by atoms with Gasteiger partial charge in [0.15, 0.2) is 0 Å². The normalized spacial score (nSPS) is 12.0. The molecule has 0 N–H and O–H groups in total. The molecule has 11 aromatic carbocycles. The Morgan fingerprint density at radius 2 is 0.519 bits per heavy atom. The lowest BCUT2D eigenvalue weighted by molar-refractivity contribution is 1.13. The maximum atomic E-state index is 2.56. The smallest absolute Gasteiger partial charge is 0.242 e. The molecule has 15 aromatic rings. The van der Waals surface area contributed by atoms with Crippen LogP contribution in [0, 0.1) is 41.5 Å². The summed E-state index contributed by atoms with van der Waals surface area (Å²) in [5.74, 6) is 0. The molecule has 0 saturated heterocycles. The highest BCUT2D eigenvalue weighted by molar-refractivity contribution is 6.96. The number of aromatic nitrogens is 4. The van der Waals surface area contributed by atoms with E-state index in [4.69, 9.17) is 0 Å². The monoisotopic (exact) mass is 986 g/mol. The van der Waals surface area contributed by atoms with Crippen molar-refractivity contribution in [2.24, 2.45) is 0 Å². The van der Waals surface area contributed by atoms with Crippen molar-refractivity contribution in [3.63, 3.8) is 0 Å². The molecule has 0 amide bonds. The maximum Gasteiger partial charge on any atom is 0.242 e. The van der Waals surface area contributed by atoms with Crippen LogP contribution in [0.3, 0.4) is 0 Å². The van der Waals surface area contributed by atoms with E-state index in [0.717, 1.165) is 22.7 Å². The number of fused-ring (bicyclic) bond motifs is 12. The third-order valence-electron chi connectivity index (χ3n) is 16.8. The van der Waals surface area contributed by atoms with Gasteiger partial charge >= 0.3 is 0 Å². The Kier molecular flexibility index (Phi) is 10.0. The molecule has 4 nitrogen and oxygen atoms in total. The lowest BCUT2D eigenvalue weighted by Crippen LogP contribution is -2.56. The fourth-order valence-electron chi connectivity index (χ4n) is 13.9. The molecule has 5 heteroatoms. The van der Waals surface area contributed by atoms with E-state index in [-0.39, 0.29) is 6.71 Å². The molecule has 0 saturated carbocycles. The molecule has 0 radical (unpaired) electrons. The molecule has 77 heavy (non-hydrogen) atoms. The van der Waals surface area contributed by atoms with E-state index in [1.807, 2.05) is 0 Å². The Hall–Kier alpha value is -9.32. The number of aryl methyl sites for hydroxylation is 6. The summed E-state index contributed by atoms with van der Waals surface area (Å²) in [6.07, 6.45) is 0. The molecule has 366 valence electrons. The molecular formula is C72H55BN4. The van der Waals surface area contributed by atoms with Crippen molar-refractivity contribution in [1.29, 1.82) is 0 Å². The second-order valence-corrected chi connectivity index (χ2v) is 21.7. The van der Waals surface area contributed by atoms with Crippen LogP contribution in [-0.4, -0.2) is 25.0 Å². The zero-order valence-corrected chi connectivity index (χ0v) is 44.2. The van der Waals surface area contributed by atoms with Crippen LogP contribution < -0.4 is 16.4 Å². The Morgan fingerprint density at radius 1 is 0.234 bits per heavy atom. The standard InChI is InChI=1S/C72H55BN4/c1-44-33-46(3)71(47(4)34-44)73(72-48(5)35-45(2)36-49(72)6)50-37-53(76-65-31-19-15-27-57(65)61-40-59-55-25-13-17-29-63(55)74(67(59)42-69(61)76)51-21-9-7-10-22-51)39-54(38-50)77-66-32-20-16-28-58(66)62-41-60-56-26-14-18-30-64(56)75(68(60)43-70(62)77)52-23-11-8-12-24-52/h7-43H,1-6H3. The van der Waals surface area contributed by atoms with Gasteiger partial charge in [0.1, 0.15) is 0 Å². The summed E-state index contributed by atoms with van der Waals surface area (Å²) in [6, 6.07) is 84.4. The lowest BCUT2D eigenvalue weighted by atomic mass is 9.34. The maximum absolute atomic E-state index is 2.56. The Balaban J connectivity index is 1.11. The van der Waals surface area contributed by atoms with E-state index in [1.54, 1.807) is 0 Å². The molecule has 4 heterocycles. The summed E-state index contributed by atoms with van der Waals surface area (Å²) >= 11 is 0. The Bertz CT molecular complexity index is 4580. The van der Waals surface area contributed by atoms with Crippen molar-refractivity contribution in [1.82, 2.24) is 18.3 Å². The quantitative estimate of drug-likeness (QED) is 0.142. The molecule has 0 aliphatic heterocycles. The minimum atomic E-state index is -0.0734. The first kappa shape index (κ1) is 45.1. The van der Waals surface area contributed by atoms with Crippen molar-refractivity contribution in [2.75, 3.05) is 0 Å². The van der Waals surface area contributed by atoms with Crippen LogP contribution in [0.1, 0.15) is 33.4 Å². The van der Waals surface area contributed by atoms with Gasteiger partial charge in [-0.1, -0.05) is 183 Å². The molecule has 0 aliphatic rings. The topological polar surface area (TPSA) is 19.7 Å². The second kappa shape index (κ2) is 17.1. The predicted molar refractivity (Wildman–Crippen MR) is 330 cm³/mol. The molecule has 0 bridgehead atoms. The number of rotatable bonds is 7. The van der Waals surface area contributed by atoms with Crippen LogP contribution in [0.2, 0.25) is 0 Å². The first-order chi connectivity index (χ1) is 37.7. The Labute approximate surface area is 448 Å². The van der Waals surface area contributed by atoms with Crippen LogP contribution in [0.5, 0.6) is 0 Å². The van der Waals surface area contributed by atoms with Gasteiger partial charge in [0, 0.05) is 65.8 Å². The van der Waals surface area contributed by atoms with Gasteiger partial charge in [-0.3, -0.25) is 0 Å². The van der Waals surface area contributed by atoms with Crippen LogP contribution >= 0.6 is 0 Å². The highest BCUT2D eigenvalue weighted by Gasteiger charge is 2.31. The molecule has 15 rings (SSSR count). The number of benzene rings is 11. The largest absolute Gasteiger partial charge is 0.309 e. The molecule has 0 fully saturated rings. The number of hydrogen-bond donors (Lipinski definition) is 0. The highest BCUT2D eigenvalue weighted by atomic mass is 15.0. The average Bonchev–Trinajstić information content (AvgIpc) is 4.37. The molecule has 0 unspecified atom stereocenters. The minimum Gasteiger partial charge on any atom is -0.309 e. The summed E-state index contributed by atoms with van der Waals surface area (Å²) in [5.41, 5.74) is 25.7. The van der Waals surface area contributed by atoms with Gasteiger partial charge in [-0.25, -0.2) is 0 Å². The van der Waals surface area contributed by atoms with Gasteiger partial charge in [-0.05, 0) is 133 Å². The molecule has 4 aromatic heterocycles. The molecule has 0 aliphatic carbocycles. The highest BCUT2D eigenvalue weighted by Crippen LogP contribution is 2.42. The van der Waals surface area contributed by atoms with Gasteiger partial charge in [0.2, 0.25) is 6.71 Å². The van der Waals surface area contributed by atoms with Crippen LogP contribution in [0.15, 0.2) is 224 Å². The first-order valence-corrected chi connectivity index (χ1v) is 27.0. The van der Waals surface area contributed by atoms with Gasteiger partial charge in [-0.2, -0.15) is 0 Å². The van der Waals surface area contributed by atoms with Gasteiger partial charge in [0.25, 0.3) is 0 Å². The number of para-hydroxylation sites is 6.